The molecule has 5 heteroatoms. The van der Waals surface area contributed by atoms with Gasteiger partial charge in [0.25, 0.3) is 0 Å². The maximum Gasteiger partial charge on any atom is 0.245 e. The van der Waals surface area contributed by atoms with Crippen molar-refractivity contribution in [3.05, 3.63) is 11.4 Å². The van der Waals surface area contributed by atoms with Gasteiger partial charge in [0.15, 0.2) is 0 Å². The first kappa shape index (κ1) is 15.8. The molecule has 0 atom stereocenters. The van der Waals surface area contributed by atoms with Crippen molar-refractivity contribution in [1.82, 2.24) is 15.2 Å². The molecule has 0 aromatic carbocycles. The summed E-state index contributed by atoms with van der Waals surface area (Å²) in [5.74, 6) is 0.650. The molecule has 0 bridgehead atoms. The van der Waals surface area contributed by atoms with E-state index in [1.54, 1.807) is 0 Å². The molecule has 0 saturated heterocycles. The van der Waals surface area contributed by atoms with Crippen LogP contribution in [0.3, 0.4) is 0 Å². The van der Waals surface area contributed by atoms with Gasteiger partial charge in [0.1, 0.15) is 0 Å². The monoisotopic (exact) mass is 266 g/mol. The zero-order valence-corrected chi connectivity index (χ0v) is 12.6. The SMILES string of the molecule is CCc1nnc(N(CCO)C(CC)CC)nc1CC. The minimum Gasteiger partial charge on any atom is -0.395 e. The van der Waals surface area contributed by atoms with Crippen LogP contribution in [-0.4, -0.2) is 39.5 Å². The highest BCUT2D eigenvalue weighted by atomic mass is 16.3. The molecule has 0 saturated carbocycles. The molecule has 1 aromatic rings. The van der Waals surface area contributed by atoms with E-state index in [-0.39, 0.29) is 6.61 Å². The number of hydrogen-bond acceptors (Lipinski definition) is 5. The van der Waals surface area contributed by atoms with E-state index in [0.29, 0.717) is 18.5 Å². The van der Waals surface area contributed by atoms with E-state index in [4.69, 9.17) is 0 Å². The lowest BCUT2D eigenvalue weighted by molar-refractivity contribution is 0.294. The number of aliphatic hydroxyl groups is 1. The third-order valence-corrected chi connectivity index (χ3v) is 3.48. The Labute approximate surface area is 116 Å². The Bertz CT molecular complexity index is 380. The summed E-state index contributed by atoms with van der Waals surface area (Å²) in [6, 6.07) is 0.353. The zero-order chi connectivity index (χ0) is 14.3. The number of hydrogen-bond donors (Lipinski definition) is 1. The average molecular weight is 266 g/mol. The third-order valence-electron chi connectivity index (χ3n) is 3.48. The summed E-state index contributed by atoms with van der Waals surface area (Å²) in [7, 11) is 0. The minimum absolute atomic E-state index is 0.108. The predicted octanol–water partition coefficient (Wildman–Crippen LogP) is 1.98. The number of anilines is 1. The lowest BCUT2D eigenvalue weighted by Gasteiger charge is -2.29. The molecule has 1 N–H and O–H groups in total. The molecule has 1 heterocycles. The number of aromatic nitrogens is 3. The molecule has 1 aromatic heterocycles. The van der Waals surface area contributed by atoms with Crippen molar-refractivity contribution >= 4 is 5.95 Å². The third kappa shape index (κ3) is 3.86. The van der Waals surface area contributed by atoms with E-state index in [0.717, 1.165) is 37.1 Å². The van der Waals surface area contributed by atoms with Gasteiger partial charge in [0.2, 0.25) is 5.95 Å². The van der Waals surface area contributed by atoms with E-state index >= 15 is 0 Å². The summed E-state index contributed by atoms with van der Waals surface area (Å²) in [4.78, 5) is 6.71. The minimum atomic E-state index is 0.108. The Morgan fingerprint density at radius 3 is 2.11 bits per heavy atom. The van der Waals surface area contributed by atoms with Crippen LogP contribution in [0.25, 0.3) is 0 Å². The molecule has 5 nitrogen and oxygen atoms in total. The lowest BCUT2D eigenvalue weighted by atomic mass is 10.1. The molecular formula is C14H26N4O. The summed E-state index contributed by atoms with van der Waals surface area (Å²) < 4.78 is 0. The highest BCUT2D eigenvalue weighted by molar-refractivity contribution is 5.32. The first-order chi connectivity index (χ1) is 9.21. The molecule has 0 unspecified atom stereocenters. The molecule has 0 amide bonds. The second-order valence-corrected chi connectivity index (χ2v) is 4.60. The quantitative estimate of drug-likeness (QED) is 0.779. The topological polar surface area (TPSA) is 62.1 Å². The van der Waals surface area contributed by atoms with Crippen LogP contribution in [0, 0.1) is 0 Å². The summed E-state index contributed by atoms with van der Waals surface area (Å²) in [6.45, 7) is 9.11. The Morgan fingerprint density at radius 2 is 1.63 bits per heavy atom. The fourth-order valence-electron chi connectivity index (χ4n) is 2.33. The fourth-order valence-corrected chi connectivity index (χ4v) is 2.33. The van der Waals surface area contributed by atoms with E-state index in [1.165, 1.54) is 0 Å². The van der Waals surface area contributed by atoms with Gasteiger partial charge < -0.3 is 10.0 Å². The average Bonchev–Trinajstić information content (AvgIpc) is 2.46. The van der Waals surface area contributed by atoms with Crippen LogP contribution < -0.4 is 4.90 Å². The molecular weight excluding hydrogens is 240 g/mol. The lowest BCUT2D eigenvalue weighted by Crippen LogP contribution is -2.38. The first-order valence-electron chi connectivity index (χ1n) is 7.31. The van der Waals surface area contributed by atoms with Crippen LogP contribution in [0.2, 0.25) is 0 Å². The molecule has 0 aliphatic carbocycles. The van der Waals surface area contributed by atoms with E-state index in [1.807, 2.05) is 0 Å². The van der Waals surface area contributed by atoms with Gasteiger partial charge >= 0.3 is 0 Å². The smallest absolute Gasteiger partial charge is 0.245 e. The van der Waals surface area contributed by atoms with Gasteiger partial charge in [-0.2, -0.15) is 5.10 Å². The van der Waals surface area contributed by atoms with Gasteiger partial charge in [0.05, 0.1) is 18.0 Å². The molecule has 108 valence electrons. The highest BCUT2D eigenvalue weighted by Gasteiger charge is 2.19. The van der Waals surface area contributed by atoms with Crippen molar-refractivity contribution in [2.24, 2.45) is 0 Å². The number of aliphatic hydroxyl groups excluding tert-OH is 1. The predicted molar refractivity (Wildman–Crippen MR) is 77.4 cm³/mol. The van der Waals surface area contributed by atoms with E-state index in [2.05, 4.69) is 47.8 Å². The molecule has 0 fully saturated rings. The van der Waals surface area contributed by atoms with Crippen molar-refractivity contribution < 1.29 is 5.11 Å². The molecule has 0 radical (unpaired) electrons. The molecule has 1 rings (SSSR count). The molecule has 0 spiro atoms. The fraction of sp³-hybridized carbons (Fsp3) is 0.786. The van der Waals surface area contributed by atoms with Crippen molar-refractivity contribution in [3.63, 3.8) is 0 Å². The van der Waals surface area contributed by atoms with Crippen LogP contribution in [0.1, 0.15) is 51.9 Å². The van der Waals surface area contributed by atoms with Gasteiger partial charge in [-0.15, -0.1) is 5.10 Å². The summed E-state index contributed by atoms with van der Waals surface area (Å²) in [5.41, 5.74) is 1.99. The largest absolute Gasteiger partial charge is 0.395 e. The molecule has 0 aliphatic rings. The van der Waals surface area contributed by atoms with Gasteiger partial charge in [-0.3, -0.25) is 0 Å². The summed E-state index contributed by atoms with van der Waals surface area (Å²) >= 11 is 0. The van der Waals surface area contributed by atoms with Crippen LogP contribution in [-0.2, 0) is 12.8 Å². The number of aryl methyl sites for hydroxylation is 2. The van der Waals surface area contributed by atoms with Crippen LogP contribution in [0.15, 0.2) is 0 Å². The zero-order valence-electron chi connectivity index (χ0n) is 12.6. The van der Waals surface area contributed by atoms with Crippen LogP contribution in [0.4, 0.5) is 5.95 Å². The maximum atomic E-state index is 9.25. The second kappa shape index (κ2) is 8.04. The molecule has 19 heavy (non-hydrogen) atoms. The van der Waals surface area contributed by atoms with Crippen molar-refractivity contribution in [2.45, 2.75) is 59.4 Å². The van der Waals surface area contributed by atoms with E-state index in [9.17, 15) is 5.11 Å². The number of nitrogens with zero attached hydrogens (tertiary/aromatic N) is 4. The van der Waals surface area contributed by atoms with E-state index < -0.39 is 0 Å². The first-order valence-corrected chi connectivity index (χ1v) is 7.31. The highest BCUT2D eigenvalue weighted by Crippen LogP contribution is 2.17. The van der Waals surface area contributed by atoms with Crippen LogP contribution >= 0.6 is 0 Å². The van der Waals surface area contributed by atoms with Crippen molar-refractivity contribution in [3.8, 4) is 0 Å². The molecule has 0 aliphatic heterocycles. The van der Waals surface area contributed by atoms with Gasteiger partial charge in [-0.1, -0.05) is 27.7 Å². The Balaban J connectivity index is 3.08. The van der Waals surface area contributed by atoms with Gasteiger partial charge in [-0.25, -0.2) is 4.98 Å². The Kier molecular flexibility index (Phi) is 6.70. The Hall–Kier alpha value is -1.23. The van der Waals surface area contributed by atoms with Gasteiger partial charge in [0, 0.05) is 12.6 Å². The van der Waals surface area contributed by atoms with Crippen molar-refractivity contribution in [2.75, 3.05) is 18.1 Å². The second-order valence-electron chi connectivity index (χ2n) is 4.60. The summed E-state index contributed by atoms with van der Waals surface area (Å²) in [5, 5.41) is 17.8. The van der Waals surface area contributed by atoms with Crippen molar-refractivity contribution in [1.29, 1.82) is 0 Å². The van der Waals surface area contributed by atoms with Gasteiger partial charge in [-0.05, 0) is 25.7 Å². The standard InChI is InChI=1S/C14H26N4O/c1-5-11(6-2)18(9-10-19)14-15-12(7-3)13(8-4)16-17-14/h11,19H,5-10H2,1-4H3. The number of rotatable bonds is 8. The Morgan fingerprint density at radius 1 is 1.00 bits per heavy atom. The maximum absolute atomic E-state index is 9.25. The normalized spacial score (nSPS) is 11.1. The summed E-state index contributed by atoms with van der Waals surface area (Å²) in [6.07, 6.45) is 3.74. The van der Waals surface area contributed by atoms with Crippen LogP contribution in [0.5, 0.6) is 0 Å².